The van der Waals surface area contributed by atoms with Crippen molar-refractivity contribution in [2.24, 2.45) is 0 Å². The Labute approximate surface area is 178 Å². The van der Waals surface area contributed by atoms with Gasteiger partial charge in [-0.05, 0) is 36.8 Å². The minimum absolute atomic E-state index is 0.268. The third-order valence-corrected chi connectivity index (χ3v) is 6.00. The molecule has 0 saturated carbocycles. The Balaban J connectivity index is 3.19. The first-order valence-electron chi connectivity index (χ1n) is 9.36. The van der Waals surface area contributed by atoms with Crippen LogP contribution in [0.15, 0.2) is 17.0 Å². The van der Waals surface area contributed by atoms with Crippen molar-refractivity contribution in [3.63, 3.8) is 0 Å². The second-order valence-electron chi connectivity index (χ2n) is 9.63. The summed E-state index contributed by atoms with van der Waals surface area (Å²) in [5, 5.41) is 10.8. The second-order valence-corrected chi connectivity index (χ2v) is 12.1. The molecule has 2 N–H and O–H groups in total. The normalized spacial score (nSPS) is 13.3. The first kappa shape index (κ1) is 25.8. The highest BCUT2D eigenvalue weighted by molar-refractivity contribution is 8.01. The molecule has 0 bridgehead atoms. The van der Waals surface area contributed by atoms with E-state index in [9.17, 15) is 19.3 Å². The van der Waals surface area contributed by atoms with Gasteiger partial charge in [0.05, 0.1) is 11.2 Å². The van der Waals surface area contributed by atoms with Crippen LogP contribution in [0.5, 0.6) is 5.75 Å². The molecule has 1 unspecified atom stereocenters. The van der Waals surface area contributed by atoms with Gasteiger partial charge >= 0.3 is 8.25 Å². The molecule has 8 heteroatoms. The van der Waals surface area contributed by atoms with Crippen LogP contribution in [0.1, 0.15) is 72.9 Å². The van der Waals surface area contributed by atoms with E-state index >= 15 is 0 Å². The highest BCUT2D eigenvalue weighted by Crippen LogP contribution is 2.44. The quantitative estimate of drug-likeness (QED) is 0.329. The van der Waals surface area contributed by atoms with E-state index in [0.717, 1.165) is 16.0 Å². The number of benzene rings is 1. The van der Waals surface area contributed by atoms with E-state index in [2.05, 4.69) is 4.52 Å². The number of phenolic OH excluding ortho intramolecular Hbond substituents is 1. The fourth-order valence-corrected chi connectivity index (χ4v) is 4.12. The van der Waals surface area contributed by atoms with Crippen molar-refractivity contribution in [3.8, 4) is 5.75 Å². The van der Waals surface area contributed by atoms with Gasteiger partial charge < -0.3 is 5.11 Å². The van der Waals surface area contributed by atoms with Gasteiger partial charge in [-0.25, -0.2) is 0 Å². The average molecular weight is 444 g/mol. The van der Waals surface area contributed by atoms with Crippen LogP contribution in [0, 0.1) is 0 Å². The Kier molecular flexibility index (Phi) is 8.22. The zero-order valence-corrected chi connectivity index (χ0v) is 20.2. The SMILES string of the molecule is CC(C)(Sc1cc(C(C)(C)C)c(O)c(C(C)(C)C)c1)C(=O)CC(=O)CO[P+](=O)O. The summed E-state index contributed by atoms with van der Waals surface area (Å²) in [4.78, 5) is 34.0. The van der Waals surface area contributed by atoms with E-state index in [-0.39, 0.29) is 28.8 Å². The minimum atomic E-state index is -2.87. The Morgan fingerprint density at radius 1 is 1.00 bits per heavy atom. The Morgan fingerprint density at radius 3 is 1.83 bits per heavy atom. The number of rotatable bonds is 8. The number of thioether (sulfide) groups is 1. The van der Waals surface area contributed by atoms with Crippen molar-refractivity contribution in [2.45, 2.75) is 82.3 Å². The molecule has 162 valence electrons. The topological polar surface area (TPSA) is 101 Å². The predicted octanol–water partition coefficient (Wildman–Crippen LogP) is 5.05. The maximum absolute atomic E-state index is 12.7. The van der Waals surface area contributed by atoms with E-state index < -0.39 is 25.4 Å². The number of carbonyl (C=O) groups excluding carboxylic acids is 2. The number of hydrogen-bond donors (Lipinski definition) is 2. The lowest BCUT2D eigenvalue weighted by atomic mass is 9.79. The zero-order chi connectivity index (χ0) is 22.8. The van der Waals surface area contributed by atoms with Crippen LogP contribution in [-0.2, 0) is 29.5 Å². The molecule has 0 aliphatic heterocycles. The van der Waals surface area contributed by atoms with E-state index in [1.54, 1.807) is 13.8 Å². The van der Waals surface area contributed by atoms with Crippen LogP contribution in [0.3, 0.4) is 0 Å². The summed E-state index contributed by atoms with van der Waals surface area (Å²) in [5.41, 5.74) is 1.02. The van der Waals surface area contributed by atoms with Crippen LogP contribution >= 0.6 is 20.0 Å². The van der Waals surface area contributed by atoms with Gasteiger partial charge in [0, 0.05) is 20.6 Å². The maximum Gasteiger partial charge on any atom is 0.695 e. The van der Waals surface area contributed by atoms with Crippen molar-refractivity contribution in [1.29, 1.82) is 0 Å². The van der Waals surface area contributed by atoms with Crippen LogP contribution < -0.4 is 0 Å². The molecule has 1 aromatic carbocycles. The Hall–Kier alpha value is -1.27. The average Bonchev–Trinajstić information content (AvgIpc) is 2.51. The molecule has 0 saturated heterocycles. The predicted molar refractivity (Wildman–Crippen MR) is 116 cm³/mol. The molecule has 1 rings (SSSR count). The number of Topliss-reactive ketones (excluding diaryl/α,β-unsaturated/α-hetero) is 2. The summed E-state index contributed by atoms with van der Waals surface area (Å²) in [7, 11) is -2.87. The highest BCUT2D eigenvalue weighted by Gasteiger charge is 2.33. The molecular formula is C21H32O6PS+. The Bertz CT molecular complexity index is 767. The number of aromatic hydroxyl groups is 1. The molecular weight excluding hydrogens is 411 g/mol. The number of hydrogen-bond acceptors (Lipinski definition) is 6. The summed E-state index contributed by atoms with van der Waals surface area (Å²) < 4.78 is 14.0. The third-order valence-electron chi connectivity index (χ3n) is 4.44. The molecule has 0 heterocycles. The van der Waals surface area contributed by atoms with Gasteiger partial charge in [0.25, 0.3) is 0 Å². The molecule has 0 spiro atoms. The van der Waals surface area contributed by atoms with Crippen LogP contribution in [0.25, 0.3) is 0 Å². The van der Waals surface area contributed by atoms with Gasteiger partial charge in [0.2, 0.25) is 0 Å². The molecule has 1 atom stereocenters. The van der Waals surface area contributed by atoms with Gasteiger partial charge in [-0.2, -0.15) is 0 Å². The lowest BCUT2D eigenvalue weighted by Crippen LogP contribution is -2.30. The van der Waals surface area contributed by atoms with Crippen molar-refractivity contribution in [2.75, 3.05) is 6.61 Å². The molecule has 0 amide bonds. The van der Waals surface area contributed by atoms with Crippen LogP contribution in [0.4, 0.5) is 0 Å². The van der Waals surface area contributed by atoms with Crippen molar-refractivity contribution < 1.29 is 28.7 Å². The number of ketones is 2. The smallest absolute Gasteiger partial charge is 0.507 e. The molecule has 0 aliphatic rings. The standard InChI is InChI=1S/C21H31O6PS/c1-19(2,3)15-10-14(11-16(18(15)24)20(4,5)6)29-21(7,8)17(23)9-13(22)12-27-28(25)26/h10-11H,9,12H2,1-8H3,(H-,24,25,26)/p+1. The molecule has 6 nitrogen and oxygen atoms in total. The summed E-state index contributed by atoms with van der Waals surface area (Å²) >= 11 is 1.33. The minimum Gasteiger partial charge on any atom is -0.507 e. The molecule has 1 aromatic rings. The monoisotopic (exact) mass is 443 g/mol. The zero-order valence-electron chi connectivity index (χ0n) is 18.5. The fraction of sp³-hybridized carbons (Fsp3) is 0.619. The first-order valence-corrected chi connectivity index (χ1v) is 11.3. The molecule has 29 heavy (non-hydrogen) atoms. The van der Waals surface area contributed by atoms with Gasteiger partial charge in [-0.3, -0.25) is 9.59 Å². The summed E-state index contributed by atoms with van der Waals surface area (Å²) in [6, 6.07) is 3.79. The van der Waals surface area contributed by atoms with Crippen LogP contribution in [-0.4, -0.2) is 32.9 Å². The van der Waals surface area contributed by atoms with Crippen molar-refractivity contribution >= 4 is 31.6 Å². The molecule has 0 aromatic heterocycles. The number of carbonyl (C=O) groups is 2. The second kappa shape index (κ2) is 9.25. The van der Waals surface area contributed by atoms with E-state index in [1.807, 2.05) is 53.7 Å². The van der Waals surface area contributed by atoms with Crippen molar-refractivity contribution in [1.82, 2.24) is 0 Å². The summed E-state index contributed by atoms with van der Waals surface area (Å²) in [6.07, 6.45) is -0.375. The van der Waals surface area contributed by atoms with Crippen LogP contribution in [0.2, 0.25) is 0 Å². The highest BCUT2D eigenvalue weighted by atomic mass is 32.2. The van der Waals surface area contributed by atoms with Gasteiger partial charge in [-0.1, -0.05) is 41.5 Å². The summed E-state index contributed by atoms with van der Waals surface area (Å²) in [5.74, 6) is -0.576. The maximum atomic E-state index is 12.7. The summed E-state index contributed by atoms with van der Waals surface area (Å²) in [6.45, 7) is 15.0. The Morgan fingerprint density at radius 2 is 1.45 bits per heavy atom. The lowest BCUT2D eigenvalue weighted by molar-refractivity contribution is -0.129. The lowest BCUT2D eigenvalue weighted by Gasteiger charge is -2.30. The molecule has 0 radical (unpaired) electrons. The van der Waals surface area contributed by atoms with E-state index in [4.69, 9.17) is 4.89 Å². The largest absolute Gasteiger partial charge is 0.695 e. The number of phenols is 1. The fourth-order valence-electron chi connectivity index (χ4n) is 2.73. The van der Waals surface area contributed by atoms with Gasteiger partial charge in [-0.15, -0.1) is 21.2 Å². The first-order chi connectivity index (χ1) is 12.9. The van der Waals surface area contributed by atoms with Crippen molar-refractivity contribution in [3.05, 3.63) is 23.3 Å². The van der Waals surface area contributed by atoms with E-state index in [0.29, 0.717) is 0 Å². The third kappa shape index (κ3) is 7.49. The molecule has 0 fully saturated rings. The molecule has 0 aliphatic carbocycles. The van der Waals surface area contributed by atoms with E-state index in [1.165, 1.54) is 11.8 Å². The van der Waals surface area contributed by atoms with Gasteiger partial charge in [0.1, 0.15) is 5.75 Å². The van der Waals surface area contributed by atoms with Gasteiger partial charge in [0.15, 0.2) is 18.2 Å².